The molecular formula is C6H9NO4. The van der Waals surface area contributed by atoms with Gasteiger partial charge in [0.25, 0.3) is 0 Å². The molecule has 0 fully saturated rings. The van der Waals surface area contributed by atoms with Crippen molar-refractivity contribution in [3.8, 4) is 0 Å². The molecule has 0 aliphatic heterocycles. The summed E-state index contributed by atoms with van der Waals surface area (Å²) in [5.41, 5.74) is -0.158. The highest BCUT2D eigenvalue weighted by atomic mass is 16.6. The number of rotatable bonds is 2. The minimum atomic E-state index is -0.907. The Kier molecular flexibility index (Phi) is 3.23. The molecule has 0 bridgehead atoms. The van der Waals surface area contributed by atoms with Gasteiger partial charge in [0, 0.05) is 5.57 Å². The first-order valence-corrected chi connectivity index (χ1v) is 2.91. The second-order valence-electron chi connectivity index (χ2n) is 2.10. The summed E-state index contributed by atoms with van der Waals surface area (Å²) < 4.78 is 4.20. The minimum Gasteiger partial charge on any atom is -0.461 e. The van der Waals surface area contributed by atoms with Crippen molar-refractivity contribution in [2.45, 2.75) is 13.8 Å². The van der Waals surface area contributed by atoms with Crippen molar-refractivity contribution in [2.24, 2.45) is 0 Å². The zero-order chi connectivity index (χ0) is 9.02. The van der Waals surface area contributed by atoms with Crippen LogP contribution in [0.1, 0.15) is 13.8 Å². The van der Waals surface area contributed by atoms with Gasteiger partial charge in [-0.1, -0.05) is 0 Å². The fourth-order valence-corrected chi connectivity index (χ4v) is 0.558. The molecule has 5 heteroatoms. The highest BCUT2D eigenvalue weighted by Crippen LogP contribution is 2.05. The molecule has 0 amide bonds. The Labute approximate surface area is 63.8 Å². The molecule has 0 heterocycles. The van der Waals surface area contributed by atoms with Gasteiger partial charge in [-0.2, -0.15) is 0 Å². The van der Waals surface area contributed by atoms with Crippen molar-refractivity contribution in [3.63, 3.8) is 0 Å². The van der Waals surface area contributed by atoms with Crippen molar-refractivity contribution in [1.29, 1.82) is 0 Å². The van der Waals surface area contributed by atoms with E-state index < -0.39 is 16.6 Å². The van der Waals surface area contributed by atoms with E-state index in [4.69, 9.17) is 0 Å². The maximum absolute atomic E-state index is 10.7. The fourth-order valence-electron chi connectivity index (χ4n) is 0.558. The number of carbonyl (C=O) groups is 1. The molecule has 0 saturated heterocycles. The number of hydrogen-bond acceptors (Lipinski definition) is 4. The lowest BCUT2D eigenvalue weighted by Gasteiger charge is -1.96. The summed E-state index contributed by atoms with van der Waals surface area (Å²) >= 11 is 0. The maximum Gasteiger partial charge on any atom is 0.409 e. The second kappa shape index (κ2) is 3.70. The summed E-state index contributed by atoms with van der Waals surface area (Å²) in [4.78, 5) is 20.1. The Balaban J connectivity index is 4.79. The molecule has 62 valence electrons. The van der Waals surface area contributed by atoms with Crippen LogP contribution in [-0.2, 0) is 9.53 Å². The Bertz CT molecular complexity index is 215. The van der Waals surface area contributed by atoms with Crippen LogP contribution < -0.4 is 0 Å². The Hall–Kier alpha value is -1.39. The maximum atomic E-state index is 10.7. The van der Waals surface area contributed by atoms with Crippen molar-refractivity contribution in [1.82, 2.24) is 0 Å². The van der Waals surface area contributed by atoms with Crippen LogP contribution in [0.5, 0.6) is 0 Å². The lowest BCUT2D eigenvalue weighted by molar-refractivity contribution is -0.422. The van der Waals surface area contributed by atoms with Crippen LogP contribution in [-0.4, -0.2) is 18.0 Å². The van der Waals surface area contributed by atoms with Crippen LogP contribution in [0.25, 0.3) is 0 Å². The topological polar surface area (TPSA) is 69.4 Å². The van der Waals surface area contributed by atoms with E-state index in [-0.39, 0.29) is 0 Å². The first-order chi connectivity index (χ1) is 5.00. The molecule has 5 nitrogen and oxygen atoms in total. The monoisotopic (exact) mass is 159 g/mol. The van der Waals surface area contributed by atoms with Crippen LogP contribution in [0, 0.1) is 10.1 Å². The van der Waals surface area contributed by atoms with Gasteiger partial charge in [-0.3, -0.25) is 10.1 Å². The average Bonchev–Trinajstić information content (AvgIpc) is 1.85. The number of allylic oxidation sites excluding steroid dienone is 1. The highest BCUT2D eigenvalue weighted by molar-refractivity contribution is 5.86. The summed E-state index contributed by atoms with van der Waals surface area (Å²) in [7, 11) is 1.11. The first-order valence-electron chi connectivity index (χ1n) is 2.91. The molecule has 0 aromatic heterocycles. The Morgan fingerprint density at radius 2 is 1.91 bits per heavy atom. The molecule has 0 atom stereocenters. The zero-order valence-electron chi connectivity index (χ0n) is 6.58. The van der Waals surface area contributed by atoms with Crippen molar-refractivity contribution < 1.29 is 14.5 Å². The molecule has 0 rings (SSSR count). The molecule has 0 aliphatic carbocycles. The van der Waals surface area contributed by atoms with E-state index in [2.05, 4.69) is 4.74 Å². The average molecular weight is 159 g/mol. The van der Waals surface area contributed by atoms with E-state index in [1.807, 2.05) is 0 Å². The number of nitro groups is 1. The Morgan fingerprint density at radius 1 is 1.45 bits per heavy atom. The zero-order valence-corrected chi connectivity index (χ0v) is 6.58. The molecule has 0 N–H and O–H groups in total. The van der Waals surface area contributed by atoms with Crippen LogP contribution >= 0.6 is 0 Å². The van der Waals surface area contributed by atoms with Crippen molar-refractivity contribution in [3.05, 3.63) is 21.4 Å². The predicted molar refractivity (Wildman–Crippen MR) is 37.4 cm³/mol. The minimum absolute atomic E-state index is 0.335. The molecular weight excluding hydrogens is 150 g/mol. The van der Waals surface area contributed by atoms with Crippen molar-refractivity contribution in [2.75, 3.05) is 7.11 Å². The third-order valence-electron chi connectivity index (χ3n) is 1.03. The molecule has 0 aromatic carbocycles. The molecule has 11 heavy (non-hydrogen) atoms. The van der Waals surface area contributed by atoms with E-state index in [1.165, 1.54) is 13.8 Å². The van der Waals surface area contributed by atoms with Gasteiger partial charge >= 0.3 is 11.7 Å². The Morgan fingerprint density at radius 3 is 2.00 bits per heavy atom. The first kappa shape index (κ1) is 9.61. The largest absolute Gasteiger partial charge is 0.461 e. The number of ether oxygens (including phenoxy) is 1. The lowest BCUT2D eigenvalue weighted by atomic mass is 10.3. The number of methoxy groups -OCH3 is 1. The van der Waals surface area contributed by atoms with Gasteiger partial charge in [-0.15, -0.1) is 0 Å². The highest BCUT2D eigenvalue weighted by Gasteiger charge is 2.23. The van der Waals surface area contributed by atoms with E-state index in [0.29, 0.717) is 5.57 Å². The second-order valence-corrected chi connectivity index (χ2v) is 2.10. The summed E-state index contributed by atoms with van der Waals surface area (Å²) in [5.74, 6) is -0.907. The molecule has 0 radical (unpaired) electrons. The van der Waals surface area contributed by atoms with Crippen LogP contribution in [0.2, 0.25) is 0 Å². The summed E-state index contributed by atoms with van der Waals surface area (Å²) in [6.07, 6.45) is 0. The molecule has 0 unspecified atom stereocenters. The third-order valence-corrected chi connectivity index (χ3v) is 1.03. The number of hydrogen-bond donors (Lipinski definition) is 0. The van der Waals surface area contributed by atoms with Gasteiger partial charge in [0.2, 0.25) is 0 Å². The van der Waals surface area contributed by atoms with Gasteiger partial charge in [0.05, 0.1) is 12.0 Å². The van der Waals surface area contributed by atoms with Gasteiger partial charge in [-0.25, -0.2) is 4.79 Å². The predicted octanol–water partition coefficient (Wildman–Crippen LogP) is 0.730. The standard InChI is InChI=1S/C6H9NO4/c1-4(2)5(7(9)10)6(8)11-3/h1-3H3. The molecule has 0 aromatic rings. The van der Waals surface area contributed by atoms with E-state index in [9.17, 15) is 14.9 Å². The van der Waals surface area contributed by atoms with Crippen molar-refractivity contribution >= 4 is 5.97 Å². The summed E-state index contributed by atoms with van der Waals surface area (Å²) in [6, 6.07) is 0. The number of nitrogens with zero attached hydrogens (tertiary/aromatic N) is 1. The van der Waals surface area contributed by atoms with Crippen LogP contribution in [0.15, 0.2) is 11.3 Å². The van der Waals surface area contributed by atoms with E-state index in [1.54, 1.807) is 0 Å². The van der Waals surface area contributed by atoms with E-state index >= 15 is 0 Å². The normalized spacial score (nSPS) is 8.64. The SMILES string of the molecule is COC(=O)C(=C(C)C)[N+](=O)[O-]. The number of esters is 1. The molecule has 0 aliphatic rings. The summed E-state index contributed by atoms with van der Waals surface area (Å²) in [5, 5.41) is 10.2. The van der Waals surface area contributed by atoms with Gasteiger partial charge < -0.3 is 4.74 Å². The summed E-state index contributed by atoms with van der Waals surface area (Å²) in [6.45, 7) is 2.96. The van der Waals surface area contributed by atoms with Crippen LogP contribution in [0.4, 0.5) is 0 Å². The van der Waals surface area contributed by atoms with Gasteiger partial charge in [0.1, 0.15) is 0 Å². The molecule has 0 saturated carbocycles. The van der Waals surface area contributed by atoms with E-state index in [0.717, 1.165) is 7.11 Å². The quantitative estimate of drug-likeness (QED) is 0.258. The lowest BCUT2D eigenvalue weighted by Crippen LogP contribution is -2.14. The van der Waals surface area contributed by atoms with Crippen LogP contribution in [0.3, 0.4) is 0 Å². The fraction of sp³-hybridized carbons (Fsp3) is 0.500. The molecule has 0 spiro atoms. The number of carbonyl (C=O) groups excluding carboxylic acids is 1. The third kappa shape index (κ3) is 2.37. The van der Waals surface area contributed by atoms with Gasteiger partial charge in [-0.05, 0) is 13.8 Å². The smallest absolute Gasteiger partial charge is 0.409 e. The van der Waals surface area contributed by atoms with Gasteiger partial charge in [0.15, 0.2) is 0 Å².